The molecule has 0 spiro atoms. The van der Waals surface area contributed by atoms with Crippen molar-refractivity contribution in [3.05, 3.63) is 29.8 Å². The summed E-state index contributed by atoms with van der Waals surface area (Å²) in [6, 6.07) is 8.38. The van der Waals surface area contributed by atoms with Gasteiger partial charge >= 0.3 is 0 Å². The fourth-order valence-corrected chi connectivity index (χ4v) is 2.24. The van der Waals surface area contributed by atoms with Gasteiger partial charge in [-0.25, -0.2) is 0 Å². The fraction of sp³-hybridized carbons (Fsp3) is 0.625. The van der Waals surface area contributed by atoms with Gasteiger partial charge in [-0.3, -0.25) is 0 Å². The Morgan fingerprint density at radius 3 is 2.40 bits per heavy atom. The van der Waals surface area contributed by atoms with Gasteiger partial charge in [0.25, 0.3) is 0 Å². The van der Waals surface area contributed by atoms with Gasteiger partial charge in [-0.15, -0.1) is 0 Å². The van der Waals surface area contributed by atoms with E-state index in [1.807, 2.05) is 24.3 Å². The van der Waals surface area contributed by atoms with Crippen molar-refractivity contribution >= 4 is 0 Å². The van der Waals surface area contributed by atoms with Gasteiger partial charge in [-0.1, -0.05) is 19.1 Å². The van der Waals surface area contributed by atoms with Gasteiger partial charge in [0.1, 0.15) is 5.75 Å². The van der Waals surface area contributed by atoms with Crippen molar-refractivity contribution in [2.45, 2.75) is 51.8 Å². The van der Waals surface area contributed by atoms with Crippen molar-refractivity contribution < 1.29 is 9.84 Å². The van der Waals surface area contributed by atoms with Crippen LogP contribution in [0.5, 0.6) is 5.75 Å². The predicted octanol–water partition coefficient (Wildman–Crippen LogP) is 2.22. The monoisotopic (exact) mass is 280 g/mol. The summed E-state index contributed by atoms with van der Waals surface area (Å²) in [5, 5.41) is 12.9. The summed E-state index contributed by atoms with van der Waals surface area (Å²) < 4.78 is 5.57. The maximum atomic E-state index is 9.41. The van der Waals surface area contributed by atoms with E-state index in [4.69, 9.17) is 10.5 Å². The second-order valence-corrected chi connectivity index (χ2v) is 5.36. The molecule has 0 aliphatic rings. The number of nitrogens with two attached hydrogens (primary N) is 1. The smallest absolute Gasteiger partial charge is 0.119 e. The summed E-state index contributed by atoms with van der Waals surface area (Å²) in [4.78, 5) is 0. The maximum absolute atomic E-state index is 9.41. The first kappa shape index (κ1) is 17.0. The summed E-state index contributed by atoms with van der Waals surface area (Å²) in [7, 11) is 0. The number of benzene rings is 1. The van der Waals surface area contributed by atoms with Crippen molar-refractivity contribution in [1.29, 1.82) is 0 Å². The molecule has 4 nitrogen and oxygen atoms in total. The SMILES string of the molecule is CCCOc1ccc(C(CN)NC(C)CC(C)O)cc1. The molecule has 4 heteroatoms. The van der Waals surface area contributed by atoms with Crippen LogP contribution in [-0.4, -0.2) is 30.4 Å². The average Bonchev–Trinajstić information content (AvgIpc) is 2.42. The Balaban J connectivity index is 2.60. The molecule has 0 saturated carbocycles. The van der Waals surface area contributed by atoms with E-state index in [1.54, 1.807) is 6.92 Å². The van der Waals surface area contributed by atoms with Crippen LogP contribution in [0.4, 0.5) is 0 Å². The topological polar surface area (TPSA) is 67.5 Å². The largest absolute Gasteiger partial charge is 0.494 e. The summed E-state index contributed by atoms with van der Waals surface area (Å²) in [5.41, 5.74) is 6.99. The van der Waals surface area contributed by atoms with Gasteiger partial charge < -0.3 is 20.9 Å². The van der Waals surface area contributed by atoms with Gasteiger partial charge in [0.2, 0.25) is 0 Å². The number of hydrogen-bond acceptors (Lipinski definition) is 4. The zero-order valence-corrected chi connectivity index (χ0v) is 12.8. The normalized spacial score (nSPS) is 15.7. The molecule has 0 amide bonds. The zero-order valence-electron chi connectivity index (χ0n) is 12.8. The molecule has 3 unspecified atom stereocenters. The van der Waals surface area contributed by atoms with E-state index in [-0.39, 0.29) is 18.2 Å². The van der Waals surface area contributed by atoms with Crippen LogP contribution in [0.2, 0.25) is 0 Å². The Morgan fingerprint density at radius 1 is 1.25 bits per heavy atom. The average molecular weight is 280 g/mol. The lowest BCUT2D eigenvalue weighted by atomic mass is 10.0. The lowest BCUT2D eigenvalue weighted by Crippen LogP contribution is -2.36. The molecule has 0 heterocycles. The van der Waals surface area contributed by atoms with Crippen LogP contribution in [0.3, 0.4) is 0 Å². The van der Waals surface area contributed by atoms with Crippen LogP contribution in [0.1, 0.15) is 45.2 Å². The van der Waals surface area contributed by atoms with Gasteiger partial charge in [0.15, 0.2) is 0 Å². The standard InChI is InChI=1S/C16H28N2O2/c1-4-9-20-15-7-5-14(6-8-15)16(11-17)18-12(2)10-13(3)19/h5-8,12-13,16,18-19H,4,9-11,17H2,1-3H3. The van der Waals surface area contributed by atoms with E-state index in [2.05, 4.69) is 19.2 Å². The highest BCUT2D eigenvalue weighted by molar-refractivity contribution is 5.29. The molecule has 1 aromatic carbocycles. The molecule has 114 valence electrons. The van der Waals surface area contributed by atoms with Crippen LogP contribution in [0.25, 0.3) is 0 Å². The highest BCUT2D eigenvalue weighted by Gasteiger charge is 2.14. The first-order valence-corrected chi connectivity index (χ1v) is 7.43. The number of aliphatic hydroxyl groups is 1. The van der Waals surface area contributed by atoms with Crippen LogP contribution in [0, 0.1) is 0 Å². The molecule has 0 saturated heterocycles. The van der Waals surface area contributed by atoms with Crippen molar-refractivity contribution in [2.24, 2.45) is 5.73 Å². The molecule has 1 rings (SSSR count). The molecule has 20 heavy (non-hydrogen) atoms. The van der Waals surface area contributed by atoms with Crippen LogP contribution in [0.15, 0.2) is 24.3 Å². The Hall–Kier alpha value is -1.10. The Labute approximate surface area is 122 Å². The van der Waals surface area contributed by atoms with Crippen LogP contribution in [-0.2, 0) is 0 Å². The number of ether oxygens (including phenoxy) is 1. The summed E-state index contributed by atoms with van der Waals surface area (Å²) >= 11 is 0. The number of nitrogens with one attached hydrogen (secondary N) is 1. The molecule has 0 aromatic heterocycles. The number of rotatable bonds is 9. The third-order valence-corrected chi connectivity index (χ3v) is 3.17. The van der Waals surface area contributed by atoms with E-state index < -0.39 is 0 Å². The van der Waals surface area contributed by atoms with Crippen LogP contribution >= 0.6 is 0 Å². The number of aliphatic hydroxyl groups excluding tert-OH is 1. The van der Waals surface area contributed by atoms with Crippen molar-refractivity contribution in [1.82, 2.24) is 5.32 Å². The lowest BCUT2D eigenvalue weighted by Gasteiger charge is -2.23. The minimum absolute atomic E-state index is 0.101. The van der Waals surface area contributed by atoms with Gasteiger partial charge in [-0.05, 0) is 44.4 Å². The minimum atomic E-state index is -0.305. The molecular weight excluding hydrogens is 252 g/mol. The number of hydrogen-bond donors (Lipinski definition) is 3. The van der Waals surface area contributed by atoms with E-state index in [9.17, 15) is 5.11 Å². The second kappa shape index (κ2) is 8.95. The van der Waals surface area contributed by atoms with Gasteiger partial charge in [0.05, 0.1) is 12.7 Å². The first-order valence-electron chi connectivity index (χ1n) is 7.43. The second-order valence-electron chi connectivity index (χ2n) is 5.36. The van der Waals surface area contributed by atoms with E-state index in [0.717, 1.165) is 24.3 Å². The third kappa shape index (κ3) is 5.90. The molecule has 0 aliphatic carbocycles. The Kier molecular flexibility index (Phi) is 7.59. The molecule has 1 aromatic rings. The molecule has 0 radical (unpaired) electrons. The highest BCUT2D eigenvalue weighted by atomic mass is 16.5. The van der Waals surface area contributed by atoms with E-state index >= 15 is 0 Å². The quantitative estimate of drug-likeness (QED) is 0.649. The summed E-state index contributed by atoms with van der Waals surface area (Å²) in [6.45, 7) is 7.22. The third-order valence-electron chi connectivity index (χ3n) is 3.17. The molecule has 0 aliphatic heterocycles. The molecule has 0 fully saturated rings. The fourth-order valence-electron chi connectivity index (χ4n) is 2.24. The first-order chi connectivity index (χ1) is 9.56. The van der Waals surface area contributed by atoms with E-state index in [0.29, 0.717) is 13.0 Å². The zero-order chi connectivity index (χ0) is 15.0. The Morgan fingerprint density at radius 2 is 1.90 bits per heavy atom. The van der Waals surface area contributed by atoms with Crippen molar-refractivity contribution in [2.75, 3.05) is 13.2 Å². The van der Waals surface area contributed by atoms with Crippen LogP contribution < -0.4 is 15.8 Å². The summed E-state index contributed by atoms with van der Waals surface area (Å²) in [5.74, 6) is 0.892. The van der Waals surface area contributed by atoms with Gasteiger partial charge in [0, 0.05) is 18.6 Å². The highest BCUT2D eigenvalue weighted by Crippen LogP contribution is 2.18. The maximum Gasteiger partial charge on any atom is 0.119 e. The van der Waals surface area contributed by atoms with Crippen molar-refractivity contribution in [3.63, 3.8) is 0 Å². The molecule has 4 N–H and O–H groups in total. The van der Waals surface area contributed by atoms with Gasteiger partial charge in [-0.2, -0.15) is 0 Å². The molecular formula is C16H28N2O2. The lowest BCUT2D eigenvalue weighted by molar-refractivity contribution is 0.168. The van der Waals surface area contributed by atoms with E-state index in [1.165, 1.54) is 0 Å². The Bertz CT molecular complexity index is 365. The minimum Gasteiger partial charge on any atom is -0.494 e. The predicted molar refractivity (Wildman–Crippen MR) is 82.9 cm³/mol. The molecule has 0 bridgehead atoms. The molecule has 3 atom stereocenters. The van der Waals surface area contributed by atoms with Crippen molar-refractivity contribution in [3.8, 4) is 5.75 Å². The summed E-state index contributed by atoms with van der Waals surface area (Å²) in [6.07, 6.45) is 1.42.